The van der Waals surface area contributed by atoms with E-state index in [1.165, 1.54) is 0 Å². The van der Waals surface area contributed by atoms with Crippen LogP contribution in [0.1, 0.15) is 36.4 Å². The van der Waals surface area contributed by atoms with Crippen LogP contribution in [-0.2, 0) is 10.5 Å². The van der Waals surface area contributed by atoms with E-state index in [1.54, 1.807) is 11.8 Å². The SMILES string of the molecule is O=C1CCCC2=C1[C@@H](c1ccc(Br)cc1)n1nc(SCc3ccc(Cl)cc3)nc1N2. The summed E-state index contributed by atoms with van der Waals surface area (Å²) in [5.74, 6) is 1.62. The number of nitrogens with one attached hydrogen (secondary N) is 1. The molecule has 2 aliphatic rings. The van der Waals surface area contributed by atoms with E-state index in [4.69, 9.17) is 21.7 Å². The van der Waals surface area contributed by atoms with Crippen molar-refractivity contribution in [1.29, 1.82) is 0 Å². The van der Waals surface area contributed by atoms with Crippen LogP contribution < -0.4 is 5.32 Å². The summed E-state index contributed by atoms with van der Waals surface area (Å²) in [7, 11) is 0. The van der Waals surface area contributed by atoms with Crippen LogP contribution in [0.5, 0.6) is 0 Å². The first-order chi connectivity index (χ1) is 14.6. The third kappa shape index (κ3) is 3.82. The lowest BCUT2D eigenvalue weighted by Crippen LogP contribution is -2.31. The summed E-state index contributed by atoms with van der Waals surface area (Å²) in [6.45, 7) is 0. The number of ketones is 1. The number of aromatic nitrogens is 3. The van der Waals surface area contributed by atoms with Crippen molar-refractivity contribution < 1.29 is 4.79 Å². The van der Waals surface area contributed by atoms with Gasteiger partial charge in [-0.15, -0.1) is 5.10 Å². The standard InChI is InChI=1S/C22H18BrClN4OS/c23-15-8-6-14(7-9-15)20-19-17(2-1-3-18(19)29)25-21-26-22(27-28(20)21)30-12-13-4-10-16(24)11-5-13/h4-11,20H,1-3,12H2,(H,25,26,27)/t20-/m1/s1. The Bertz CT molecular complexity index is 1140. The summed E-state index contributed by atoms with van der Waals surface area (Å²) >= 11 is 11.0. The summed E-state index contributed by atoms with van der Waals surface area (Å²) in [5, 5.41) is 9.55. The van der Waals surface area contributed by atoms with E-state index in [0.29, 0.717) is 17.5 Å². The zero-order valence-corrected chi connectivity index (χ0v) is 19.1. The van der Waals surface area contributed by atoms with E-state index in [-0.39, 0.29) is 11.8 Å². The number of halogens is 2. The maximum Gasteiger partial charge on any atom is 0.227 e. The van der Waals surface area contributed by atoms with Gasteiger partial charge in [-0.2, -0.15) is 4.98 Å². The number of hydrogen-bond acceptors (Lipinski definition) is 5. The lowest BCUT2D eigenvalue weighted by molar-refractivity contribution is -0.116. The highest BCUT2D eigenvalue weighted by molar-refractivity contribution is 9.10. The van der Waals surface area contributed by atoms with E-state index in [9.17, 15) is 4.79 Å². The fourth-order valence-corrected chi connectivity index (χ4v) is 5.05. The number of allylic oxidation sites excluding steroid dienone is 2. The minimum absolute atomic E-state index is 0.188. The molecule has 1 aliphatic heterocycles. The predicted octanol–water partition coefficient (Wildman–Crippen LogP) is 6.01. The molecule has 0 saturated carbocycles. The van der Waals surface area contributed by atoms with Crippen LogP contribution in [0.2, 0.25) is 5.02 Å². The Morgan fingerprint density at radius 1 is 1.13 bits per heavy atom. The van der Waals surface area contributed by atoms with Crippen molar-refractivity contribution in [1.82, 2.24) is 14.8 Å². The van der Waals surface area contributed by atoms with Crippen LogP contribution >= 0.6 is 39.3 Å². The Labute approximate surface area is 192 Å². The van der Waals surface area contributed by atoms with Gasteiger partial charge in [0.2, 0.25) is 11.1 Å². The van der Waals surface area contributed by atoms with Crippen LogP contribution in [0.15, 0.2) is 69.4 Å². The number of carbonyl (C=O) groups excluding carboxylic acids is 1. The molecule has 3 aromatic rings. The molecule has 2 aromatic carbocycles. The van der Waals surface area contributed by atoms with Gasteiger partial charge in [0.25, 0.3) is 0 Å². The largest absolute Gasteiger partial charge is 0.328 e. The second-order valence-electron chi connectivity index (χ2n) is 7.33. The highest BCUT2D eigenvalue weighted by atomic mass is 79.9. The fourth-order valence-electron chi connectivity index (χ4n) is 3.88. The van der Waals surface area contributed by atoms with Crippen molar-refractivity contribution in [2.24, 2.45) is 0 Å². The summed E-state index contributed by atoms with van der Waals surface area (Å²) in [5.41, 5.74) is 3.98. The van der Waals surface area contributed by atoms with Gasteiger partial charge in [0, 0.05) is 32.9 Å². The fraction of sp³-hybridized carbons (Fsp3) is 0.227. The monoisotopic (exact) mass is 500 g/mol. The van der Waals surface area contributed by atoms with Crippen molar-refractivity contribution >= 4 is 51.0 Å². The molecule has 8 heteroatoms. The highest BCUT2D eigenvalue weighted by Gasteiger charge is 2.36. The van der Waals surface area contributed by atoms with Gasteiger partial charge in [0.05, 0.1) is 0 Å². The van der Waals surface area contributed by atoms with Gasteiger partial charge >= 0.3 is 0 Å². The number of carbonyl (C=O) groups is 1. The molecular weight excluding hydrogens is 484 g/mol. The first-order valence-corrected chi connectivity index (χ1v) is 11.9. The minimum atomic E-state index is -0.255. The van der Waals surface area contributed by atoms with Crippen LogP contribution in [0.25, 0.3) is 0 Å². The first-order valence-electron chi connectivity index (χ1n) is 9.71. The van der Waals surface area contributed by atoms with Gasteiger partial charge in [-0.25, -0.2) is 4.68 Å². The zero-order valence-electron chi connectivity index (χ0n) is 15.9. The average molecular weight is 502 g/mol. The highest BCUT2D eigenvalue weighted by Crippen LogP contribution is 2.40. The Morgan fingerprint density at radius 3 is 2.67 bits per heavy atom. The maximum atomic E-state index is 12.8. The van der Waals surface area contributed by atoms with Crippen molar-refractivity contribution in [3.05, 3.63) is 80.4 Å². The van der Waals surface area contributed by atoms with E-state index < -0.39 is 0 Å². The lowest BCUT2D eigenvalue weighted by atomic mass is 9.85. The zero-order chi connectivity index (χ0) is 20.7. The maximum absolute atomic E-state index is 12.8. The molecule has 0 unspecified atom stereocenters. The lowest BCUT2D eigenvalue weighted by Gasteiger charge is -2.32. The van der Waals surface area contributed by atoms with Crippen molar-refractivity contribution in [3.63, 3.8) is 0 Å². The molecule has 0 saturated heterocycles. The number of benzene rings is 2. The van der Waals surface area contributed by atoms with Crippen LogP contribution in [-0.4, -0.2) is 20.5 Å². The van der Waals surface area contributed by atoms with E-state index in [0.717, 1.165) is 50.5 Å². The molecule has 1 aromatic heterocycles. The third-order valence-corrected chi connectivity index (χ3v) is 7.01. The molecule has 0 bridgehead atoms. The number of rotatable bonds is 4. The quantitative estimate of drug-likeness (QED) is 0.444. The van der Waals surface area contributed by atoms with E-state index in [1.807, 2.05) is 53.2 Å². The van der Waals surface area contributed by atoms with Crippen molar-refractivity contribution in [2.45, 2.75) is 36.2 Å². The minimum Gasteiger partial charge on any atom is -0.328 e. The summed E-state index contributed by atoms with van der Waals surface area (Å²) in [6, 6.07) is 15.6. The number of hydrogen-bond donors (Lipinski definition) is 1. The molecule has 0 fully saturated rings. The molecule has 1 N–H and O–H groups in total. The molecule has 2 heterocycles. The molecule has 1 aliphatic carbocycles. The Hall–Kier alpha value is -2.09. The number of Topliss-reactive ketones (excluding diaryl/α,β-unsaturated/α-hetero) is 1. The van der Waals surface area contributed by atoms with E-state index in [2.05, 4.69) is 21.2 Å². The smallest absolute Gasteiger partial charge is 0.227 e. The number of fused-ring (bicyclic) bond motifs is 1. The molecule has 0 spiro atoms. The molecule has 5 nitrogen and oxygen atoms in total. The van der Waals surface area contributed by atoms with Crippen LogP contribution in [0, 0.1) is 0 Å². The average Bonchev–Trinajstić information content (AvgIpc) is 3.15. The molecule has 30 heavy (non-hydrogen) atoms. The normalized spacial score (nSPS) is 18.1. The molecule has 5 rings (SSSR count). The van der Waals surface area contributed by atoms with Crippen LogP contribution in [0.4, 0.5) is 5.95 Å². The van der Waals surface area contributed by atoms with Gasteiger partial charge in [0.15, 0.2) is 5.78 Å². The predicted molar refractivity (Wildman–Crippen MR) is 123 cm³/mol. The molecule has 0 amide bonds. The van der Waals surface area contributed by atoms with E-state index >= 15 is 0 Å². The Morgan fingerprint density at radius 2 is 1.90 bits per heavy atom. The van der Waals surface area contributed by atoms with Gasteiger partial charge in [0.1, 0.15) is 6.04 Å². The number of anilines is 1. The summed E-state index contributed by atoms with van der Waals surface area (Å²) < 4.78 is 2.86. The number of nitrogens with zero attached hydrogens (tertiary/aromatic N) is 3. The molecule has 1 atom stereocenters. The second-order valence-corrected chi connectivity index (χ2v) is 9.62. The molecular formula is C22H18BrClN4OS. The van der Waals surface area contributed by atoms with Crippen LogP contribution in [0.3, 0.4) is 0 Å². The van der Waals surface area contributed by atoms with Crippen molar-refractivity contribution in [2.75, 3.05) is 5.32 Å². The van der Waals surface area contributed by atoms with Gasteiger partial charge in [-0.05, 0) is 48.2 Å². The molecule has 0 radical (unpaired) electrons. The first kappa shape index (κ1) is 19.8. The Kier molecular flexibility index (Phi) is 5.43. The summed E-state index contributed by atoms with van der Waals surface area (Å²) in [4.78, 5) is 17.6. The second kappa shape index (κ2) is 8.21. The van der Waals surface area contributed by atoms with Gasteiger partial charge < -0.3 is 5.32 Å². The molecule has 152 valence electrons. The van der Waals surface area contributed by atoms with Crippen molar-refractivity contribution in [3.8, 4) is 0 Å². The van der Waals surface area contributed by atoms with Gasteiger partial charge in [-0.1, -0.05) is 63.6 Å². The number of thioether (sulfide) groups is 1. The third-order valence-electron chi connectivity index (χ3n) is 5.32. The summed E-state index contributed by atoms with van der Waals surface area (Å²) in [6.07, 6.45) is 2.30. The van der Waals surface area contributed by atoms with Gasteiger partial charge in [-0.3, -0.25) is 4.79 Å². The Balaban J connectivity index is 1.49. The topological polar surface area (TPSA) is 59.8 Å².